The van der Waals surface area contributed by atoms with Gasteiger partial charge in [0.1, 0.15) is 0 Å². The molecule has 0 saturated heterocycles. The molecule has 35 heavy (non-hydrogen) atoms. The third kappa shape index (κ3) is 8.65. The molecule has 0 heterocycles. The van der Waals surface area contributed by atoms with Crippen molar-refractivity contribution in [2.45, 2.75) is 32.5 Å². The second-order valence-electron chi connectivity index (χ2n) is 7.31. The number of nitrogens with zero attached hydrogens (tertiary/aromatic N) is 1. The second-order valence-corrected chi connectivity index (χ2v) is 7.31. The molecular weight excluding hydrogens is 469 g/mol. The van der Waals surface area contributed by atoms with Crippen LogP contribution in [0.4, 0.5) is 18.9 Å². The molecule has 0 radical (unpaired) electrons. The minimum atomic E-state index is -4.53. The van der Waals surface area contributed by atoms with Gasteiger partial charge in [0.15, 0.2) is 18.1 Å². The average Bonchev–Trinajstić information content (AvgIpc) is 2.82. The maximum atomic E-state index is 12.8. The lowest BCUT2D eigenvalue weighted by Crippen LogP contribution is -2.41. The van der Waals surface area contributed by atoms with Gasteiger partial charge in [0.25, 0.3) is 5.91 Å². The zero-order valence-electron chi connectivity index (χ0n) is 19.2. The van der Waals surface area contributed by atoms with Crippen LogP contribution in [0.3, 0.4) is 0 Å². The number of benzene rings is 2. The molecular formula is C23H25F3N4O5. The first-order valence-electron chi connectivity index (χ1n) is 10.4. The van der Waals surface area contributed by atoms with Gasteiger partial charge in [-0.3, -0.25) is 14.4 Å². The van der Waals surface area contributed by atoms with Gasteiger partial charge < -0.3 is 20.1 Å². The molecule has 0 aliphatic heterocycles. The number of ether oxygens (including phenoxy) is 2. The van der Waals surface area contributed by atoms with Gasteiger partial charge in [0, 0.05) is 11.7 Å². The van der Waals surface area contributed by atoms with Gasteiger partial charge in [-0.2, -0.15) is 18.3 Å². The molecule has 2 aromatic rings. The van der Waals surface area contributed by atoms with Crippen LogP contribution in [0.15, 0.2) is 47.6 Å². The molecule has 3 N–H and O–H groups in total. The molecule has 0 bridgehead atoms. The fourth-order valence-corrected chi connectivity index (χ4v) is 2.60. The number of alkyl halides is 3. The number of methoxy groups -OCH3 is 1. The first kappa shape index (κ1) is 27.2. The van der Waals surface area contributed by atoms with Crippen molar-refractivity contribution in [3.8, 4) is 11.5 Å². The number of anilines is 1. The summed E-state index contributed by atoms with van der Waals surface area (Å²) in [6.07, 6.45) is -2.58. The van der Waals surface area contributed by atoms with E-state index in [9.17, 15) is 27.6 Å². The molecule has 0 saturated carbocycles. The molecule has 0 aliphatic rings. The van der Waals surface area contributed by atoms with Crippen LogP contribution in [0.25, 0.3) is 0 Å². The van der Waals surface area contributed by atoms with Crippen molar-refractivity contribution < 1.29 is 37.0 Å². The van der Waals surface area contributed by atoms with Crippen LogP contribution < -0.4 is 25.5 Å². The monoisotopic (exact) mass is 494 g/mol. The Bertz CT molecular complexity index is 1090. The molecule has 0 fully saturated rings. The molecule has 9 nitrogen and oxygen atoms in total. The minimum Gasteiger partial charge on any atom is -0.493 e. The van der Waals surface area contributed by atoms with Crippen molar-refractivity contribution in [2.24, 2.45) is 5.10 Å². The van der Waals surface area contributed by atoms with E-state index in [1.54, 1.807) is 13.0 Å². The predicted molar refractivity (Wildman–Crippen MR) is 122 cm³/mol. The van der Waals surface area contributed by atoms with Crippen molar-refractivity contribution in [2.75, 3.05) is 19.0 Å². The second kappa shape index (κ2) is 12.4. The van der Waals surface area contributed by atoms with Crippen LogP contribution in [0.2, 0.25) is 0 Å². The highest BCUT2D eigenvalue weighted by atomic mass is 19.4. The fraction of sp³-hybridized carbons (Fsp3) is 0.304. The first-order chi connectivity index (χ1) is 16.5. The summed E-state index contributed by atoms with van der Waals surface area (Å²) in [6.45, 7) is 3.14. The third-order valence-electron chi connectivity index (χ3n) is 4.60. The summed E-state index contributed by atoms with van der Waals surface area (Å²) in [5, 5.41) is 8.57. The number of hydrazone groups is 1. The molecule has 3 amide bonds. The van der Waals surface area contributed by atoms with Crippen molar-refractivity contribution in [3.05, 3.63) is 53.6 Å². The van der Waals surface area contributed by atoms with Gasteiger partial charge in [-0.25, -0.2) is 5.43 Å². The summed E-state index contributed by atoms with van der Waals surface area (Å²) in [4.78, 5) is 35.5. The summed E-state index contributed by atoms with van der Waals surface area (Å²) in [5.41, 5.74) is 1.69. The summed E-state index contributed by atoms with van der Waals surface area (Å²) in [6, 6.07) is 8.62. The van der Waals surface area contributed by atoms with E-state index in [2.05, 4.69) is 21.2 Å². The highest BCUT2D eigenvalue weighted by Crippen LogP contribution is 2.31. The molecule has 1 atom stereocenters. The molecule has 2 aromatic carbocycles. The quantitative estimate of drug-likeness (QED) is 0.281. The molecule has 188 valence electrons. The van der Waals surface area contributed by atoms with Gasteiger partial charge in [-0.15, -0.1) is 0 Å². The number of carbonyl (C=O) groups is 3. The van der Waals surface area contributed by atoms with Gasteiger partial charge in [0.2, 0.25) is 0 Å². The highest BCUT2D eigenvalue weighted by Gasteiger charge is 2.30. The van der Waals surface area contributed by atoms with Crippen LogP contribution in [0, 0.1) is 0 Å². The standard InChI is InChI=1S/C23H25F3N4O5/c1-4-14(2)28-21(32)22(33)30-27-12-15-8-9-18(19(10-15)34-3)35-13-20(31)29-17-7-5-6-16(11-17)23(24,25)26/h5-12,14H,4,13H2,1-3H3,(H,28,32)(H,29,31)(H,30,33)/b27-12-/t14-/m0/s1. The summed E-state index contributed by atoms with van der Waals surface area (Å²) in [5.74, 6) is -1.96. The van der Waals surface area contributed by atoms with E-state index in [1.807, 2.05) is 6.92 Å². The van der Waals surface area contributed by atoms with E-state index in [0.717, 1.165) is 12.1 Å². The normalized spacial score (nSPS) is 12.1. The van der Waals surface area contributed by atoms with Crippen LogP contribution in [0.1, 0.15) is 31.4 Å². The molecule has 2 rings (SSSR count). The van der Waals surface area contributed by atoms with Crippen LogP contribution in [0.5, 0.6) is 11.5 Å². The van der Waals surface area contributed by atoms with Crippen molar-refractivity contribution in [1.82, 2.24) is 10.7 Å². The zero-order valence-corrected chi connectivity index (χ0v) is 19.2. The predicted octanol–water partition coefficient (Wildman–Crippen LogP) is 3.10. The number of rotatable bonds is 9. The van der Waals surface area contributed by atoms with Crippen LogP contribution in [-0.2, 0) is 20.6 Å². The maximum Gasteiger partial charge on any atom is 0.416 e. The average molecular weight is 494 g/mol. The molecule has 12 heteroatoms. The number of nitrogens with one attached hydrogen (secondary N) is 3. The Labute approximate surface area is 199 Å². The maximum absolute atomic E-state index is 12.8. The SMILES string of the molecule is CC[C@H](C)NC(=O)C(=O)N/N=C\c1ccc(OCC(=O)Nc2cccc(C(F)(F)F)c2)c(OC)c1. The highest BCUT2D eigenvalue weighted by molar-refractivity contribution is 6.35. The largest absolute Gasteiger partial charge is 0.493 e. The van der Waals surface area contributed by atoms with Crippen molar-refractivity contribution in [3.63, 3.8) is 0 Å². The lowest BCUT2D eigenvalue weighted by atomic mass is 10.2. The third-order valence-corrected chi connectivity index (χ3v) is 4.60. The number of carbonyl (C=O) groups excluding carboxylic acids is 3. The van der Waals surface area contributed by atoms with Crippen molar-refractivity contribution >= 4 is 29.6 Å². The molecule has 0 aliphatic carbocycles. The topological polar surface area (TPSA) is 118 Å². The Kier molecular flexibility index (Phi) is 9.62. The smallest absolute Gasteiger partial charge is 0.416 e. The van der Waals surface area contributed by atoms with E-state index < -0.39 is 36.1 Å². The zero-order chi connectivity index (χ0) is 26.0. The van der Waals surface area contributed by atoms with Gasteiger partial charge in [-0.1, -0.05) is 13.0 Å². The Balaban J connectivity index is 1.94. The Morgan fingerprint density at radius 2 is 1.83 bits per heavy atom. The van der Waals surface area contributed by atoms with Gasteiger partial charge >= 0.3 is 18.0 Å². The molecule has 0 spiro atoms. The fourth-order valence-electron chi connectivity index (χ4n) is 2.60. The van der Waals surface area contributed by atoms with E-state index in [-0.39, 0.29) is 23.2 Å². The lowest BCUT2D eigenvalue weighted by Gasteiger charge is -2.12. The lowest BCUT2D eigenvalue weighted by molar-refractivity contribution is -0.139. The number of hydrogen-bond acceptors (Lipinski definition) is 6. The first-order valence-corrected chi connectivity index (χ1v) is 10.4. The van der Waals surface area contributed by atoms with Crippen molar-refractivity contribution in [1.29, 1.82) is 0 Å². The minimum absolute atomic E-state index is 0.0215. The van der Waals surface area contributed by atoms with Gasteiger partial charge in [-0.05, 0) is 55.3 Å². The summed E-state index contributed by atoms with van der Waals surface area (Å²) >= 11 is 0. The Morgan fingerprint density at radius 3 is 2.49 bits per heavy atom. The van der Waals surface area contributed by atoms with E-state index in [0.29, 0.717) is 12.0 Å². The van der Waals surface area contributed by atoms with E-state index >= 15 is 0 Å². The van der Waals surface area contributed by atoms with Crippen LogP contribution >= 0.6 is 0 Å². The summed E-state index contributed by atoms with van der Waals surface area (Å²) in [7, 11) is 1.37. The Morgan fingerprint density at radius 1 is 1.09 bits per heavy atom. The molecule has 0 aromatic heterocycles. The Hall–Kier alpha value is -4.09. The number of amides is 3. The van der Waals surface area contributed by atoms with E-state index in [4.69, 9.17) is 9.47 Å². The van der Waals surface area contributed by atoms with E-state index in [1.165, 1.54) is 37.6 Å². The summed E-state index contributed by atoms with van der Waals surface area (Å²) < 4.78 is 49.0. The van der Waals surface area contributed by atoms with Gasteiger partial charge in [0.05, 0.1) is 18.9 Å². The number of hydrogen-bond donors (Lipinski definition) is 3. The molecule has 0 unspecified atom stereocenters. The van der Waals surface area contributed by atoms with Crippen LogP contribution in [-0.4, -0.2) is 43.7 Å². The number of halogens is 3.